The molecule has 0 saturated carbocycles. The van der Waals surface area contributed by atoms with Crippen molar-refractivity contribution in [2.45, 2.75) is 37.1 Å². The van der Waals surface area contributed by atoms with Gasteiger partial charge in [-0.15, -0.1) is 0 Å². The molecule has 2 aromatic rings. The Balaban J connectivity index is 1.39. The highest BCUT2D eigenvalue weighted by Gasteiger charge is 2.20. The molecule has 8 nitrogen and oxygen atoms in total. The van der Waals surface area contributed by atoms with Crippen molar-refractivity contribution in [2.75, 3.05) is 31.6 Å². The predicted molar refractivity (Wildman–Crippen MR) is 123 cm³/mol. The molecule has 2 heterocycles. The first-order valence-electron chi connectivity index (χ1n) is 10.9. The molecule has 0 fully saturated rings. The molecule has 170 valence electrons. The van der Waals surface area contributed by atoms with Crippen LogP contribution >= 0.6 is 0 Å². The third-order valence-electron chi connectivity index (χ3n) is 5.45. The second-order valence-electron chi connectivity index (χ2n) is 7.99. The number of nitrogens with one attached hydrogen (secondary N) is 2. The van der Waals surface area contributed by atoms with Gasteiger partial charge in [0.15, 0.2) is 0 Å². The molecular weight excluding hydrogens is 428 g/mol. The molecule has 4 rings (SSSR count). The number of carbonyl (C=O) groups is 1. The number of benzene rings is 2. The fraction of sp³-hybridized carbons (Fsp3) is 0.391. The van der Waals surface area contributed by atoms with Crippen molar-refractivity contribution in [1.29, 1.82) is 0 Å². The van der Waals surface area contributed by atoms with Gasteiger partial charge in [-0.25, -0.2) is 8.42 Å². The van der Waals surface area contributed by atoms with Crippen molar-refractivity contribution in [2.24, 2.45) is 4.99 Å². The van der Waals surface area contributed by atoms with Crippen molar-refractivity contribution in [3.8, 4) is 5.75 Å². The molecule has 2 aliphatic rings. The highest BCUT2D eigenvalue weighted by molar-refractivity contribution is 7.90. The van der Waals surface area contributed by atoms with Crippen LogP contribution in [0.3, 0.4) is 0 Å². The largest absolute Gasteiger partial charge is 0.492 e. The second-order valence-corrected chi connectivity index (χ2v) is 9.67. The van der Waals surface area contributed by atoms with Gasteiger partial charge in [-0.2, -0.15) is 0 Å². The SMILES string of the molecule is O=C(CN1CCOc2ccccc2C1)Nc1cccc(S(=O)(=O)NC2=NCCCCC2)c1. The Morgan fingerprint density at radius 1 is 1.09 bits per heavy atom. The van der Waals surface area contributed by atoms with E-state index >= 15 is 0 Å². The Bertz CT molecular complexity index is 1100. The van der Waals surface area contributed by atoms with Crippen LogP contribution < -0.4 is 14.8 Å². The Labute approximate surface area is 188 Å². The van der Waals surface area contributed by atoms with Crippen molar-refractivity contribution in [3.05, 3.63) is 54.1 Å². The topological polar surface area (TPSA) is 100 Å². The minimum absolute atomic E-state index is 0.0966. The summed E-state index contributed by atoms with van der Waals surface area (Å²) in [6.45, 7) is 2.57. The normalized spacial score (nSPS) is 17.2. The van der Waals surface area contributed by atoms with Crippen LogP contribution in [0.15, 0.2) is 58.4 Å². The van der Waals surface area contributed by atoms with E-state index in [0.29, 0.717) is 44.2 Å². The maximum atomic E-state index is 12.8. The molecule has 0 spiro atoms. The monoisotopic (exact) mass is 456 g/mol. The number of hydrogen-bond acceptors (Lipinski definition) is 6. The lowest BCUT2D eigenvalue weighted by Gasteiger charge is -2.19. The van der Waals surface area contributed by atoms with Crippen LogP contribution in [0.5, 0.6) is 5.75 Å². The number of rotatable bonds is 5. The van der Waals surface area contributed by atoms with Gasteiger partial charge < -0.3 is 10.1 Å². The minimum atomic E-state index is -3.76. The first-order chi connectivity index (χ1) is 15.5. The third-order valence-corrected chi connectivity index (χ3v) is 6.83. The number of para-hydroxylation sites is 1. The van der Waals surface area contributed by atoms with Crippen LogP contribution in [-0.2, 0) is 21.4 Å². The fourth-order valence-corrected chi connectivity index (χ4v) is 4.97. The number of anilines is 1. The molecule has 32 heavy (non-hydrogen) atoms. The summed E-state index contributed by atoms with van der Waals surface area (Å²) in [4.78, 5) is 19.1. The first kappa shape index (κ1) is 22.3. The van der Waals surface area contributed by atoms with Crippen molar-refractivity contribution >= 4 is 27.5 Å². The van der Waals surface area contributed by atoms with Gasteiger partial charge in [-0.05, 0) is 37.1 Å². The number of amides is 1. The Hall–Kier alpha value is -2.91. The molecule has 0 radical (unpaired) electrons. The van der Waals surface area contributed by atoms with E-state index in [1.807, 2.05) is 29.2 Å². The maximum Gasteiger partial charge on any atom is 0.262 e. The van der Waals surface area contributed by atoms with Crippen LogP contribution in [0.4, 0.5) is 5.69 Å². The van der Waals surface area contributed by atoms with E-state index in [-0.39, 0.29) is 17.3 Å². The zero-order valence-electron chi connectivity index (χ0n) is 17.9. The summed E-state index contributed by atoms with van der Waals surface area (Å²) in [6.07, 6.45) is 3.56. The summed E-state index contributed by atoms with van der Waals surface area (Å²) in [5.41, 5.74) is 1.48. The van der Waals surface area contributed by atoms with Crippen LogP contribution in [0, 0.1) is 0 Å². The molecule has 0 unspecified atom stereocenters. The van der Waals surface area contributed by atoms with Gasteiger partial charge in [0, 0.05) is 37.3 Å². The Kier molecular flexibility index (Phi) is 7.06. The number of ether oxygens (including phenoxy) is 1. The molecule has 0 bridgehead atoms. The van der Waals surface area contributed by atoms with Crippen LogP contribution in [0.2, 0.25) is 0 Å². The summed E-state index contributed by atoms with van der Waals surface area (Å²) in [5, 5.41) is 2.82. The number of carbonyl (C=O) groups excluding carboxylic acids is 1. The van der Waals surface area contributed by atoms with Gasteiger partial charge in [-0.3, -0.25) is 19.4 Å². The highest BCUT2D eigenvalue weighted by Crippen LogP contribution is 2.22. The van der Waals surface area contributed by atoms with E-state index in [4.69, 9.17) is 4.74 Å². The molecule has 0 aliphatic carbocycles. The standard InChI is InChI=1S/C23H28N4O4S/c28-23(17-27-13-14-31-21-10-4-3-7-18(21)16-27)25-19-8-6-9-20(15-19)32(29,30)26-22-11-2-1-5-12-24-22/h3-4,6-10,15H,1-2,5,11-14,16-17H2,(H,24,26)(H,25,28). The summed E-state index contributed by atoms with van der Waals surface area (Å²) in [6, 6.07) is 14.1. The number of hydrogen-bond donors (Lipinski definition) is 2. The van der Waals surface area contributed by atoms with Crippen molar-refractivity contribution in [3.63, 3.8) is 0 Å². The zero-order chi connectivity index (χ0) is 22.4. The maximum absolute atomic E-state index is 12.8. The lowest BCUT2D eigenvalue weighted by molar-refractivity contribution is -0.117. The molecule has 0 aromatic heterocycles. The molecule has 9 heteroatoms. The number of nitrogens with zero attached hydrogens (tertiary/aromatic N) is 2. The predicted octanol–water partition coefficient (Wildman–Crippen LogP) is 2.77. The molecule has 2 aliphatic heterocycles. The van der Waals surface area contributed by atoms with Gasteiger partial charge in [-0.1, -0.05) is 30.7 Å². The van der Waals surface area contributed by atoms with Crippen molar-refractivity contribution < 1.29 is 17.9 Å². The summed E-state index contributed by atoms with van der Waals surface area (Å²) >= 11 is 0. The molecule has 0 saturated heterocycles. The van der Waals surface area contributed by atoms with Gasteiger partial charge >= 0.3 is 0 Å². The average Bonchev–Trinajstić information content (AvgIpc) is 3.14. The van der Waals surface area contributed by atoms with Gasteiger partial charge in [0.1, 0.15) is 18.2 Å². The molecule has 1 amide bonds. The van der Waals surface area contributed by atoms with Crippen LogP contribution in [-0.4, -0.2) is 51.3 Å². The van der Waals surface area contributed by atoms with E-state index in [9.17, 15) is 13.2 Å². The zero-order valence-corrected chi connectivity index (χ0v) is 18.7. The van der Waals surface area contributed by atoms with Crippen LogP contribution in [0.25, 0.3) is 0 Å². The third kappa shape index (κ3) is 5.86. The average molecular weight is 457 g/mol. The van der Waals surface area contributed by atoms with Gasteiger partial charge in [0.2, 0.25) is 5.91 Å². The lowest BCUT2D eigenvalue weighted by Crippen LogP contribution is -2.34. The Morgan fingerprint density at radius 3 is 2.88 bits per heavy atom. The number of amidine groups is 1. The van der Waals surface area contributed by atoms with E-state index in [1.54, 1.807) is 12.1 Å². The van der Waals surface area contributed by atoms with E-state index in [2.05, 4.69) is 15.0 Å². The molecular formula is C23H28N4O4S. The number of aliphatic imine (C=N–C) groups is 1. The Morgan fingerprint density at radius 2 is 1.97 bits per heavy atom. The van der Waals surface area contributed by atoms with Crippen LogP contribution in [0.1, 0.15) is 31.2 Å². The number of sulfonamides is 1. The first-order valence-corrected chi connectivity index (χ1v) is 12.4. The lowest BCUT2D eigenvalue weighted by atomic mass is 10.2. The summed E-state index contributed by atoms with van der Waals surface area (Å²) in [5.74, 6) is 1.14. The fourth-order valence-electron chi connectivity index (χ4n) is 3.83. The smallest absolute Gasteiger partial charge is 0.262 e. The molecule has 2 N–H and O–H groups in total. The highest BCUT2D eigenvalue weighted by atomic mass is 32.2. The summed E-state index contributed by atoms with van der Waals surface area (Å²) in [7, 11) is -3.76. The quantitative estimate of drug-likeness (QED) is 0.721. The molecule has 2 aromatic carbocycles. The van der Waals surface area contributed by atoms with E-state index in [1.165, 1.54) is 12.1 Å². The molecule has 0 atom stereocenters. The second kappa shape index (κ2) is 10.1. The minimum Gasteiger partial charge on any atom is -0.492 e. The van der Waals surface area contributed by atoms with E-state index < -0.39 is 10.0 Å². The van der Waals surface area contributed by atoms with Gasteiger partial charge in [0.05, 0.1) is 11.4 Å². The van der Waals surface area contributed by atoms with Gasteiger partial charge in [0.25, 0.3) is 10.0 Å². The summed E-state index contributed by atoms with van der Waals surface area (Å²) < 4.78 is 33.9. The van der Waals surface area contributed by atoms with E-state index in [0.717, 1.165) is 30.6 Å². The van der Waals surface area contributed by atoms with Crippen molar-refractivity contribution in [1.82, 2.24) is 9.62 Å². The number of fused-ring (bicyclic) bond motifs is 1.